The van der Waals surface area contributed by atoms with Crippen molar-refractivity contribution in [2.75, 3.05) is 13.7 Å². The van der Waals surface area contributed by atoms with Crippen molar-refractivity contribution >= 4 is 34.3 Å². The van der Waals surface area contributed by atoms with Crippen molar-refractivity contribution in [2.45, 2.75) is 26.4 Å². The van der Waals surface area contributed by atoms with Gasteiger partial charge < -0.3 is 10.1 Å². The van der Waals surface area contributed by atoms with Gasteiger partial charge in [-0.3, -0.25) is 14.2 Å². The number of likely N-dealkylation sites (N-methyl/N-ethyl adjacent to an activating group) is 1. The van der Waals surface area contributed by atoms with Crippen molar-refractivity contribution in [2.24, 2.45) is 0 Å². The number of hydrogen-bond acceptors (Lipinski definition) is 3. The third kappa shape index (κ3) is 4.39. The summed E-state index contributed by atoms with van der Waals surface area (Å²) in [5, 5.41) is 3.58. The number of nitrogens with zero attached hydrogens (tertiary/aromatic N) is 1. The number of amides is 1. The van der Waals surface area contributed by atoms with Crippen molar-refractivity contribution < 1.29 is 27.5 Å². The molecule has 0 aliphatic carbocycles. The number of rotatable bonds is 5. The molecule has 164 valence electrons. The second-order valence-electron chi connectivity index (χ2n) is 6.91. The van der Waals surface area contributed by atoms with Crippen LogP contribution in [0.25, 0.3) is 10.9 Å². The second-order valence-corrected chi connectivity index (χ2v) is 7.32. The highest BCUT2D eigenvalue weighted by Crippen LogP contribution is 2.36. The van der Waals surface area contributed by atoms with Crippen LogP contribution in [0.2, 0.25) is 5.02 Å². The molecule has 5 nitrogen and oxygen atoms in total. The molecule has 0 bridgehead atoms. The van der Waals surface area contributed by atoms with Crippen molar-refractivity contribution in [3.05, 3.63) is 63.8 Å². The smallest absolute Gasteiger partial charge is 0.416 e. The Morgan fingerprint density at radius 2 is 1.81 bits per heavy atom. The lowest BCUT2D eigenvalue weighted by atomic mass is 10.1. The summed E-state index contributed by atoms with van der Waals surface area (Å²) in [5.74, 6) is -0.370. The molecule has 1 heterocycles. The van der Waals surface area contributed by atoms with Crippen LogP contribution in [0.15, 0.2) is 36.4 Å². The van der Waals surface area contributed by atoms with Gasteiger partial charge in [0.2, 0.25) is 5.91 Å². The number of alkyl halides is 3. The molecule has 0 aliphatic rings. The first-order valence-corrected chi connectivity index (χ1v) is 9.82. The highest BCUT2D eigenvalue weighted by Gasteiger charge is 2.30. The molecule has 0 radical (unpaired) electrons. The zero-order valence-electron chi connectivity index (χ0n) is 17.1. The van der Waals surface area contributed by atoms with E-state index < -0.39 is 17.6 Å². The SMILES string of the molecule is CCNC(=O)Cc1c(C)n(C(=O)c2ccc(C(F)(F)F)cc2)c2cc(Cl)c(OC)cc12. The Bertz CT molecular complexity index is 1150. The molecule has 0 fully saturated rings. The molecule has 2 aromatic carbocycles. The summed E-state index contributed by atoms with van der Waals surface area (Å²) in [6.45, 7) is 3.93. The van der Waals surface area contributed by atoms with Gasteiger partial charge in [0.15, 0.2) is 0 Å². The third-order valence-electron chi connectivity index (χ3n) is 4.98. The monoisotopic (exact) mass is 452 g/mol. The summed E-state index contributed by atoms with van der Waals surface area (Å²) in [5.41, 5.74) is 0.770. The van der Waals surface area contributed by atoms with Gasteiger partial charge in [-0.05, 0) is 55.8 Å². The number of aromatic nitrogens is 1. The number of ether oxygens (including phenoxy) is 1. The fourth-order valence-corrected chi connectivity index (χ4v) is 3.71. The minimum Gasteiger partial charge on any atom is -0.495 e. The molecular formula is C22H20ClF3N2O3. The van der Waals surface area contributed by atoms with E-state index in [1.807, 2.05) is 0 Å². The fourth-order valence-electron chi connectivity index (χ4n) is 3.47. The van der Waals surface area contributed by atoms with Crippen LogP contribution in [0.4, 0.5) is 13.2 Å². The average Bonchev–Trinajstić information content (AvgIpc) is 2.97. The van der Waals surface area contributed by atoms with Gasteiger partial charge in [-0.15, -0.1) is 0 Å². The zero-order chi connectivity index (χ0) is 22.9. The molecular weight excluding hydrogens is 433 g/mol. The van der Waals surface area contributed by atoms with Gasteiger partial charge in [0.25, 0.3) is 5.91 Å². The van der Waals surface area contributed by atoms with Gasteiger partial charge in [-0.25, -0.2) is 0 Å². The van der Waals surface area contributed by atoms with E-state index in [9.17, 15) is 22.8 Å². The van der Waals surface area contributed by atoms with Gasteiger partial charge in [-0.1, -0.05) is 11.6 Å². The number of fused-ring (bicyclic) bond motifs is 1. The lowest BCUT2D eigenvalue weighted by Crippen LogP contribution is -2.24. The molecule has 0 aliphatic heterocycles. The minimum atomic E-state index is -4.50. The number of methoxy groups -OCH3 is 1. The Hall–Kier alpha value is -3.00. The second kappa shape index (κ2) is 8.63. The molecule has 1 amide bonds. The molecule has 3 rings (SSSR count). The molecule has 31 heavy (non-hydrogen) atoms. The van der Waals surface area contributed by atoms with Crippen LogP contribution in [0.1, 0.15) is 34.1 Å². The van der Waals surface area contributed by atoms with Crippen LogP contribution >= 0.6 is 11.6 Å². The van der Waals surface area contributed by atoms with Gasteiger partial charge in [0.1, 0.15) is 5.75 Å². The number of halogens is 4. The van der Waals surface area contributed by atoms with Crippen LogP contribution < -0.4 is 10.1 Å². The third-order valence-corrected chi connectivity index (χ3v) is 5.28. The predicted octanol–water partition coefficient (Wildman–Crippen LogP) is 5.00. The number of carbonyl (C=O) groups is 2. The standard InChI is InChI=1S/C22H20ClF3N2O3/c1-4-27-20(29)10-15-12(2)28(18-11-17(23)19(31-3)9-16(15)18)21(30)13-5-7-14(8-6-13)22(24,25)26/h5-9,11H,4,10H2,1-3H3,(H,27,29). The first kappa shape index (κ1) is 22.7. The molecule has 3 aromatic rings. The maximum Gasteiger partial charge on any atom is 0.416 e. The quantitative estimate of drug-likeness (QED) is 0.592. The molecule has 0 spiro atoms. The van der Waals surface area contributed by atoms with Crippen LogP contribution in [-0.2, 0) is 17.4 Å². The van der Waals surface area contributed by atoms with Crippen molar-refractivity contribution in [3.63, 3.8) is 0 Å². The Labute approximate surface area is 181 Å². The van der Waals surface area contributed by atoms with E-state index >= 15 is 0 Å². The highest BCUT2D eigenvalue weighted by molar-refractivity contribution is 6.33. The first-order valence-electron chi connectivity index (χ1n) is 9.44. The minimum absolute atomic E-state index is 0.0221. The van der Waals surface area contributed by atoms with Gasteiger partial charge in [0, 0.05) is 23.2 Å². The molecule has 1 N–H and O–H groups in total. The van der Waals surface area contributed by atoms with Crippen LogP contribution in [-0.4, -0.2) is 30.0 Å². The number of nitrogens with one attached hydrogen (secondary N) is 1. The maximum atomic E-state index is 13.2. The summed E-state index contributed by atoms with van der Waals surface area (Å²) in [7, 11) is 1.45. The van der Waals surface area contributed by atoms with Crippen LogP contribution in [0, 0.1) is 6.92 Å². The number of hydrogen-bond donors (Lipinski definition) is 1. The van der Waals surface area contributed by atoms with E-state index in [-0.39, 0.29) is 22.9 Å². The van der Waals surface area contributed by atoms with Crippen LogP contribution in [0.5, 0.6) is 5.75 Å². The highest BCUT2D eigenvalue weighted by atomic mass is 35.5. The molecule has 9 heteroatoms. The molecule has 1 aromatic heterocycles. The van der Waals surface area contributed by atoms with Crippen LogP contribution in [0.3, 0.4) is 0 Å². The van der Waals surface area contributed by atoms with Gasteiger partial charge in [0.05, 0.1) is 29.6 Å². The largest absolute Gasteiger partial charge is 0.495 e. The Morgan fingerprint density at radius 1 is 1.16 bits per heavy atom. The van der Waals surface area contributed by atoms with E-state index in [4.69, 9.17) is 16.3 Å². The summed E-state index contributed by atoms with van der Waals surface area (Å²) in [4.78, 5) is 25.5. The molecule has 0 saturated heterocycles. The van der Waals surface area contributed by atoms with Gasteiger partial charge >= 0.3 is 6.18 Å². The van der Waals surface area contributed by atoms with E-state index in [2.05, 4.69) is 5.32 Å². The fraction of sp³-hybridized carbons (Fsp3) is 0.273. The Kier molecular flexibility index (Phi) is 6.31. The van der Waals surface area contributed by atoms with E-state index in [0.717, 1.165) is 24.3 Å². The summed E-state index contributed by atoms with van der Waals surface area (Å²) in [6, 6.07) is 7.18. The summed E-state index contributed by atoms with van der Waals surface area (Å²) >= 11 is 6.26. The lowest BCUT2D eigenvalue weighted by Gasteiger charge is -2.10. The predicted molar refractivity (Wildman–Crippen MR) is 112 cm³/mol. The number of benzene rings is 2. The number of carbonyl (C=O) groups excluding carboxylic acids is 2. The Morgan fingerprint density at radius 3 is 2.35 bits per heavy atom. The lowest BCUT2D eigenvalue weighted by molar-refractivity contribution is -0.137. The molecule has 0 unspecified atom stereocenters. The van der Waals surface area contributed by atoms with Crippen molar-refractivity contribution in [3.8, 4) is 5.75 Å². The van der Waals surface area contributed by atoms with E-state index in [1.165, 1.54) is 11.7 Å². The van der Waals surface area contributed by atoms with Crippen molar-refractivity contribution in [1.29, 1.82) is 0 Å². The topological polar surface area (TPSA) is 60.3 Å². The van der Waals surface area contributed by atoms with Gasteiger partial charge in [-0.2, -0.15) is 13.2 Å². The summed E-state index contributed by atoms with van der Waals surface area (Å²) in [6.07, 6.45) is -4.48. The average molecular weight is 453 g/mol. The van der Waals surface area contributed by atoms with Crippen molar-refractivity contribution in [1.82, 2.24) is 9.88 Å². The van der Waals surface area contributed by atoms with E-state index in [1.54, 1.807) is 26.0 Å². The first-order chi connectivity index (χ1) is 14.6. The Balaban J connectivity index is 2.17. The van der Waals surface area contributed by atoms with E-state index in [0.29, 0.717) is 34.5 Å². The maximum absolute atomic E-state index is 13.2. The summed E-state index contributed by atoms with van der Waals surface area (Å²) < 4.78 is 45.2. The molecule has 0 saturated carbocycles. The zero-order valence-corrected chi connectivity index (χ0v) is 17.8. The molecule has 0 atom stereocenters. The normalized spacial score (nSPS) is 11.6.